The van der Waals surface area contributed by atoms with Gasteiger partial charge in [0, 0.05) is 15.1 Å². The Bertz CT molecular complexity index is 646. The molecule has 0 aliphatic heterocycles. The molecule has 0 aliphatic rings. The molecule has 0 unspecified atom stereocenters. The number of anilines is 1. The molecule has 6 heteroatoms. The average molecular weight is 382 g/mol. The van der Waals surface area contributed by atoms with Crippen molar-refractivity contribution in [3.63, 3.8) is 0 Å². The Hall–Kier alpha value is -1.66. The molecule has 1 amide bonds. The van der Waals surface area contributed by atoms with Crippen molar-refractivity contribution in [1.82, 2.24) is 0 Å². The fraction of sp³-hybridized carbons (Fsp3) is 0.188. The van der Waals surface area contributed by atoms with E-state index in [-0.39, 0.29) is 5.91 Å². The Labute approximate surface area is 142 Å². The van der Waals surface area contributed by atoms with E-state index >= 15 is 0 Å². The zero-order valence-corrected chi connectivity index (χ0v) is 14.7. The Balaban J connectivity index is 1.92. The molecule has 1 N–H and O–H groups in total. The van der Waals surface area contributed by atoms with E-state index in [1.54, 1.807) is 14.2 Å². The second kappa shape index (κ2) is 8.10. The third-order valence-corrected chi connectivity index (χ3v) is 4.38. The maximum absolute atomic E-state index is 11.9. The number of hydrogen-bond acceptors (Lipinski definition) is 4. The molecule has 0 radical (unpaired) electrons. The van der Waals surface area contributed by atoms with E-state index in [4.69, 9.17) is 9.47 Å². The van der Waals surface area contributed by atoms with Crippen molar-refractivity contribution in [3.8, 4) is 11.5 Å². The highest BCUT2D eigenvalue weighted by molar-refractivity contribution is 9.10. The Morgan fingerprint density at radius 2 is 1.77 bits per heavy atom. The number of rotatable bonds is 6. The van der Waals surface area contributed by atoms with Crippen LogP contribution in [0, 0.1) is 0 Å². The first-order valence-electron chi connectivity index (χ1n) is 6.52. The normalized spacial score (nSPS) is 10.1. The monoisotopic (exact) mass is 381 g/mol. The Kier molecular flexibility index (Phi) is 6.15. The topological polar surface area (TPSA) is 47.6 Å². The highest BCUT2D eigenvalue weighted by atomic mass is 79.9. The number of carbonyl (C=O) groups is 1. The molecule has 4 nitrogen and oxygen atoms in total. The van der Waals surface area contributed by atoms with Crippen molar-refractivity contribution in [2.75, 3.05) is 25.3 Å². The van der Waals surface area contributed by atoms with Crippen LogP contribution in [-0.4, -0.2) is 25.9 Å². The van der Waals surface area contributed by atoms with E-state index in [0.29, 0.717) is 17.3 Å². The number of methoxy groups -OCH3 is 2. The molecule has 0 spiro atoms. The smallest absolute Gasteiger partial charge is 0.234 e. The van der Waals surface area contributed by atoms with Gasteiger partial charge in [-0.05, 0) is 42.5 Å². The summed E-state index contributed by atoms with van der Waals surface area (Å²) in [6.07, 6.45) is 0. The van der Waals surface area contributed by atoms with Crippen molar-refractivity contribution in [2.24, 2.45) is 0 Å². The largest absolute Gasteiger partial charge is 0.493 e. The summed E-state index contributed by atoms with van der Waals surface area (Å²) >= 11 is 4.80. The minimum atomic E-state index is -0.0536. The summed E-state index contributed by atoms with van der Waals surface area (Å²) in [4.78, 5) is 12.9. The van der Waals surface area contributed by atoms with Gasteiger partial charge in [0.2, 0.25) is 5.91 Å². The van der Waals surface area contributed by atoms with Crippen LogP contribution in [0.4, 0.5) is 5.69 Å². The molecule has 0 fully saturated rings. The number of halogens is 1. The molecule has 2 rings (SSSR count). The van der Waals surface area contributed by atoms with Gasteiger partial charge in [0.1, 0.15) is 0 Å². The van der Waals surface area contributed by atoms with Crippen LogP contribution in [0.5, 0.6) is 11.5 Å². The van der Waals surface area contributed by atoms with Gasteiger partial charge >= 0.3 is 0 Å². The number of thioether (sulfide) groups is 1. The van der Waals surface area contributed by atoms with Crippen LogP contribution < -0.4 is 14.8 Å². The first kappa shape index (κ1) is 16.7. The van der Waals surface area contributed by atoms with Crippen LogP contribution in [0.2, 0.25) is 0 Å². The molecule has 0 saturated carbocycles. The summed E-state index contributed by atoms with van der Waals surface area (Å²) < 4.78 is 11.4. The van der Waals surface area contributed by atoms with E-state index in [2.05, 4.69) is 21.2 Å². The van der Waals surface area contributed by atoms with E-state index in [1.165, 1.54) is 11.8 Å². The van der Waals surface area contributed by atoms with E-state index in [0.717, 1.165) is 15.1 Å². The molecular weight excluding hydrogens is 366 g/mol. The number of amides is 1. The van der Waals surface area contributed by atoms with Crippen molar-refractivity contribution < 1.29 is 14.3 Å². The number of hydrogen-bond donors (Lipinski definition) is 1. The minimum absolute atomic E-state index is 0.0536. The SMILES string of the molecule is COc1ccc(SCC(=O)Nc2ccc(Br)cc2)cc1OC. The predicted octanol–water partition coefficient (Wildman–Crippen LogP) is 4.20. The standard InChI is InChI=1S/C16H16BrNO3S/c1-20-14-8-7-13(9-15(14)21-2)22-10-16(19)18-12-5-3-11(17)4-6-12/h3-9H,10H2,1-2H3,(H,18,19). The van der Waals surface area contributed by atoms with Crippen molar-refractivity contribution >= 4 is 39.3 Å². The quantitative estimate of drug-likeness (QED) is 0.761. The fourth-order valence-electron chi connectivity index (χ4n) is 1.79. The van der Waals surface area contributed by atoms with Gasteiger partial charge in [-0.2, -0.15) is 0 Å². The highest BCUT2D eigenvalue weighted by Crippen LogP contribution is 2.31. The zero-order chi connectivity index (χ0) is 15.9. The minimum Gasteiger partial charge on any atom is -0.493 e. The van der Waals surface area contributed by atoms with Gasteiger partial charge < -0.3 is 14.8 Å². The molecule has 0 atom stereocenters. The molecule has 116 valence electrons. The fourth-order valence-corrected chi connectivity index (χ4v) is 2.77. The molecule has 0 aliphatic carbocycles. The first-order chi connectivity index (χ1) is 10.6. The number of ether oxygens (including phenoxy) is 2. The van der Waals surface area contributed by atoms with Crippen LogP contribution in [0.15, 0.2) is 51.8 Å². The molecule has 0 heterocycles. The first-order valence-corrected chi connectivity index (χ1v) is 8.30. The van der Waals surface area contributed by atoms with Gasteiger partial charge in [-0.25, -0.2) is 0 Å². The van der Waals surface area contributed by atoms with E-state index in [9.17, 15) is 4.79 Å². The van der Waals surface area contributed by atoms with Crippen molar-refractivity contribution in [2.45, 2.75) is 4.90 Å². The highest BCUT2D eigenvalue weighted by Gasteiger charge is 2.07. The van der Waals surface area contributed by atoms with Gasteiger partial charge in [0.15, 0.2) is 11.5 Å². The summed E-state index contributed by atoms with van der Waals surface area (Å²) in [7, 11) is 3.18. The lowest BCUT2D eigenvalue weighted by Gasteiger charge is -2.09. The Morgan fingerprint density at radius 1 is 1.09 bits per heavy atom. The van der Waals surface area contributed by atoms with Gasteiger partial charge in [0.25, 0.3) is 0 Å². The maximum Gasteiger partial charge on any atom is 0.234 e. The molecule has 22 heavy (non-hydrogen) atoms. The number of carbonyl (C=O) groups excluding carboxylic acids is 1. The van der Waals surface area contributed by atoms with Crippen LogP contribution >= 0.6 is 27.7 Å². The molecule has 0 saturated heterocycles. The van der Waals surface area contributed by atoms with Crippen LogP contribution in [-0.2, 0) is 4.79 Å². The summed E-state index contributed by atoms with van der Waals surface area (Å²) in [6.45, 7) is 0. The second-order valence-corrected chi connectivity index (χ2v) is 6.32. The molecule has 2 aromatic carbocycles. The van der Waals surface area contributed by atoms with Crippen molar-refractivity contribution in [1.29, 1.82) is 0 Å². The summed E-state index contributed by atoms with van der Waals surface area (Å²) in [6, 6.07) is 13.1. The summed E-state index contributed by atoms with van der Waals surface area (Å²) in [5.41, 5.74) is 0.779. The van der Waals surface area contributed by atoms with Gasteiger partial charge in [0.05, 0.1) is 20.0 Å². The van der Waals surface area contributed by atoms with E-state index < -0.39 is 0 Å². The van der Waals surface area contributed by atoms with Gasteiger partial charge in [-0.15, -0.1) is 11.8 Å². The van der Waals surface area contributed by atoms with Gasteiger partial charge in [-0.3, -0.25) is 4.79 Å². The average Bonchev–Trinajstić information content (AvgIpc) is 2.54. The van der Waals surface area contributed by atoms with Gasteiger partial charge in [-0.1, -0.05) is 15.9 Å². The maximum atomic E-state index is 11.9. The molecule has 0 bridgehead atoms. The number of nitrogens with one attached hydrogen (secondary N) is 1. The lowest BCUT2D eigenvalue weighted by molar-refractivity contribution is -0.113. The predicted molar refractivity (Wildman–Crippen MR) is 93.0 cm³/mol. The van der Waals surface area contributed by atoms with Crippen molar-refractivity contribution in [3.05, 3.63) is 46.9 Å². The summed E-state index contributed by atoms with van der Waals surface area (Å²) in [5.74, 6) is 1.60. The molecule has 2 aromatic rings. The number of benzene rings is 2. The lowest BCUT2D eigenvalue weighted by atomic mass is 10.3. The summed E-state index contributed by atoms with van der Waals surface area (Å²) in [5, 5.41) is 2.85. The zero-order valence-electron chi connectivity index (χ0n) is 12.3. The molecule has 0 aromatic heterocycles. The van der Waals surface area contributed by atoms with E-state index in [1.807, 2.05) is 42.5 Å². The van der Waals surface area contributed by atoms with Crippen LogP contribution in [0.1, 0.15) is 0 Å². The lowest BCUT2D eigenvalue weighted by Crippen LogP contribution is -2.13. The molecular formula is C16H16BrNO3S. The second-order valence-electron chi connectivity index (χ2n) is 4.36. The third-order valence-electron chi connectivity index (χ3n) is 2.85. The van der Waals surface area contributed by atoms with Crippen LogP contribution in [0.25, 0.3) is 0 Å². The van der Waals surface area contributed by atoms with Crippen LogP contribution in [0.3, 0.4) is 0 Å². The third kappa shape index (κ3) is 4.68. The Morgan fingerprint density at radius 3 is 2.41 bits per heavy atom.